The number of pyridine rings is 1. The summed E-state index contributed by atoms with van der Waals surface area (Å²) in [5.74, 6) is 0. The summed E-state index contributed by atoms with van der Waals surface area (Å²) < 4.78 is 0. The highest BCUT2D eigenvalue weighted by Gasteiger charge is 2.14. The van der Waals surface area contributed by atoms with E-state index in [0.29, 0.717) is 25.0 Å². The highest BCUT2D eigenvalue weighted by atomic mass is 16.6. The minimum atomic E-state index is -0.429. The lowest BCUT2D eigenvalue weighted by Crippen LogP contribution is -1.99. The molecule has 78 valence electrons. The van der Waals surface area contributed by atoms with Gasteiger partial charge in [0.15, 0.2) is 0 Å². The van der Waals surface area contributed by atoms with Crippen LogP contribution in [0, 0.1) is 28.4 Å². The zero-order chi connectivity index (χ0) is 11.3. The summed E-state index contributed by atoms with van der Waals surface area (Å²) in [4.78, 5) is 14.3. The quantitative estimate of drug-likeness (QED) is 0.428. The zero-order valence-electron chi connectivity index (χ0n) is 8.43. The maximum absolute atomic E-state index is 10.7. The predicted octanol–water partition coefficient (Wildman–Crippen LogP) is 2.14. The first-order chi connectivity index (χ1) is 7.15. The fraction of sp³-hybridized carbons (Fsp3) is 0.400. The number of aryl methyl sites for hydroxylation is 2. The molecule has 0 aliphatic carbocycles. The van der Waals surface area contributed by atoms with Crippen LogP contribution in [-0.2, 0) is 6.42 Å². The molecule has 1 rings (SSSR count). The van der Waals surface area contributed by atoms with Gasteiger partial charge in [-0.3, -0.25) is 15.1 Å². The van der Waals surface area contributed by atoms with E-state index < -0.39 is 4.92 Å². The Morgan fingerprint density at radius 3 is 3.00 bits per heavy atom. The van der Waals surface area contributed by atoms with E-state index in [4.69, 9.17) is 5.26 Å². The molecule has 0 saturated carbocycles. The molecule has 0 amide bonds. The summed E-state index contributed by atoms with van der Waals surface area (Å²) in [5, 5.41) is 19.1. The Morgan fingerprint density at radius 1 is 1.67 bits per heavy atom. The van der Waals surface area contributed by atoms with Crippen LogP contribution in [0.1, 0.15) is 24.1 Å². The second kappa shape index (κ2) is 5.05. The van der Waals surface area contributed by atoms with Gasteiger partial charge >= 0.3 is 0 Å². The monoisotopic (exact) mass is 205 g/mol. The first kappa shape index (κ1) is 11.1. The van der Waals surface area contributed by atoms with Gasteiger partial charge in [0.25, 0.3) is 5.69 Å². The van der Waals surface area contributed by atoms with E-state index in [1.54, 1.807) is 13.1 Å². The van der Waals surface area contributed by atoms with Gasteiger partial charge in [-0.05, 0) is 25.3 Å². The van der Waals surface area contributed by atoms with Crippen molar-refractivity contribution in [3.63, 3.8) is 0 Å². The highest BCUT2D eigenvalue weighted by Crippen LogP contribution is 2.19. The maximum atomic E-state index is 10.7. The fourth-order valence-electron chi connectivity index (χ4n) is 1.27. The van der Waals surface area contributed by atoms with Crippen LogP contribution in [0.3, 0.4) is 0 Å². The van der Waals surface area contributed by atoms with Crippen molar-refractivity contribution in [2.45, 2.75) is 26.2 Å². The molecule has 5 heteroatoms. The third kappa shape index (κ3) is 3.02. The lowest BCUT2D eigenvalue weighted by Gasteiger charge is -2.01. The predicted molar refractivity (Wildman–Crippen MR) is 54.2 cm³/mol. The van der Waals surface area contributed by atoms with Crippen LogP contribution in [0.25, 0.3) is 0 Å². The molecular weight excluding hydrogens is 194 g/mol. The summed E-state index contributed by atoms with van der Waals surface area (Å²) in [5.41, 5.74) is 1.28. The normalized spacial score (nSPS) is 9.60. The van der Waals surface area contributed by atoms with E-state index in [9.17, 15) is 10.1 Å². The van der Waals surface area contributed by atoms with Crippen LogP contribution in [0.5, 0.6) is 0 Å². The molecule has 0 saturated heterocycles. The van der Waals surface area contributed by atoms with Gasteiger partial charge < -0.3 is 0 Å². The van der Waals surface area contributed by atoms with E-state index in [1.165, 1.54) is 6.07 Å². The first-order valence-electron chi connectivity index (χ1n) is 4.62. The first-order valence-corrected chi connectivity index (χ1v) is 4.62. The summed E-state index contributed by atoms with van der Waals surface area (Å²) in [7, 11) is 0. The van der Waals surface area contributed by atoms with Crippen molar-refractivity contribution in [2.75, 3.05) is 0 Å². The number of nitriles is 1. The molecule has 0 atom stereocenters. The van der Waals surface area contributed by atoms with E-state index in [0.717, 1.165) is 5.56 Å². The average molecular weight is 205 g/mol. The van der Waals surface area contributed by atoms with Crippen molar-refractivity contribution in [3.05, 3.63) is 33.6 Å². The molecule has 0 aliphatic rings. The molecule has 1 aromatic heterocycles. The van der Waals surface area contributed by atoms with Crippen LogP contribution >= 0.6 is 0 Å². The van der Waals surface area contributed by atoms with Crippen LogP contribution in [0.4, 0.5) is 5.69 Å². The van der Waals surface area contributed by atoms with E-state index in [2.05, 4.69) is 4.98 Å². The zero-order valence-corrected chi connectivity index (χ0v) is 8.43. The molecular formula is C10H11N3O2. The second-order valence-electron chi connectivity index (χ2n) is 3.25. The molecule has 0 N–H and O–H groups in total. The number of unbranched alkanes of at least 4 members (excludes halogenated alkanes) is 1. The van der Waals surface area contributed by atoms with Crippen molar-refractivity contribution < 1.29 is 4.92 Å². The number of hydrogen-bond acceptors (Lipinski definition) is 4. The molecule has 0 bridgehead atoms. The number of aromatic nitrogens is 1. The standard InChI is InChI=1S/C10H11N3O2/c1-8-6-10(13(14)15)9(12-7-8)4-2-3-5-11/h6-7H,2-4H2,1H3. The summed E-state index contributed by atoms with van der Waals surface area (Å²) in [6.45, 7) is 1.76. The van der Waals surface area contributed by atoms with Crippen molar-refractivity contribution in [3.8, 4) is 6.07 Å². The average Bonchev–Trinajstić information content (AvgIpc) is 2.20. The Balaban J connectivity index is 2.87. The molecule has 0 aliphatic heterocycles. The van der Waals surface area contributed by atoms with E-state index in [1.807, 2.05) is 6.07 Å². The Bertz CT molecular complexity index is 410. The molecule has 0 fully saturated rings. The van der Waals surface area contributed by atoms with E-state index in [-0.39, 0.29) is 5.69 Å². The SMILES string of the molecule is Cc1cnc(CCCC#N)c([N+](=O)[O-])c1. The van der Waals surface area contributed by atoms with Gasteiger partial charge in [-0.1, -0.05) is 0 Å². The molecule has 0 radical (unpaired) electrons. The molecule has 5 nitrogen and oxygen atoms in total. The van der Waals surface area contributed by atoms with Crippen LogP contribution in [-0.4, -0.2) is 9.91 Å². The Labute approximate surface area is 87.5 Å². The van der Waals surface area contributed by atoms with Crippen molar-refractivity contribution >= 4 is 5.69 Å². The maximum Gasteiger partial charge on any atom is 0.290 e. The molecule has 0 aromatic carbocycles. The van der Waals surface area contributed by atoms with Crippen LogP contribution in [0.15, 0.2) is 12.3 Å². The van der Waals surface area contributed by atoms with Crippen LogP contribution in [0.2, 0.25) is 0 Å². The number of hydrogen-bond donors (Lipinski definition) is 0. The van der Waals surface area contributed by atoms with Crippen molar-refractivity contribution in [1.82, 2.24) is 4.98 Å². The van der Waals surface area contributed by atoms with Crippen molar-refractivity contribution in [1.29, 1.82) is 5.26 Å². The number of nitrogens with zero attached hydrogens (tertiary/aromatic N) is 3. The van der Waals surface area contributed by atoms with Gasteiger partial charge in [0.05, 0.1) is 11.0 Å². The molecule has 1 aromatic rings. The second-order valence-corrected chi connectivity index (χ2v) is 3.25. The summed E-state index contributed by atoms with van der Waals surface area (Å²) in [6, 6.07) is 3.51. The van der Waals surface area contributed by atoms with Gasteiger partial charge in [0.1, 0.15) is 5.69 Å². The largest absolute Gasteiger partial charge is 0.290 e. The van der Waals surface area contributed by atoms with Gasteiger partial charge in [-0.15, -0.1) is 0 Å². The Kier molecular flexibility index (Phi) is 3.75. The van der Waals surface area contributed by atoms with Gasteiger partial charge in [-0.2, -0.15) is 5.26 Å². The topological polar surface area (TPSA) is 79.8 Å². The summed E-state index contributed by atoms with van der Waals surface area (Å²) >= 11 is 0. The Morgan fingerprint density at radius 2 is 2.40 bits per heavy atom. The van der Waals surface area contributed by atoms with Gasteiger partial charge in [-0.25, -0.2) is 0 Å². The highest BCUT2D eigenvalue weighted by molar-refractivity contribution is 5.37. The molecule has 1 heterocycles. The van der Waals surface area contributed by atoms with Crippen molar-refractivity contribution in [2.24, 2.45) is 0 Å². The van der Waals surface area contributed by atoms with E-state index >= 15 is 0 Å². The third-order valence-corrected chi connectivity index (χ3v) is 1.98. The Hall–Kier alpha value is -1.96. The fourth-order valence-corrected chi connectivity index (χ4v) is 1.27. The minimum absolute atomic E-state index is 0.0490. The third-order valence-electron chi connectivity index (χ3n) is 1.98. The molecule has 0 unspecified atom stereocenters. The van der Waals surface area contributed by atoms with Gasteiger partial charge in [0.2, 0.25) is 0 Å². The summed E-state index contributed by atoms with van der Waals surface area (Å²) in [6.07, 6.45) is 3.08. The number of rotatable bonds is 4. The number of nitro groups is 1. The van der Waals surface area contributed by atoms with Crippen LogP contribution < -0.4 is 0 Å². The van der Waals surface area contributed by atoms with Gasteiger partial charge in [0, 0.05) is 18.7 Å². The molecule has 15 heavy (non-hydrogen) atoms. The lowest BCUT2D eigenvalue weighted by atomic mass is 10.1. The molecule has 0 spiro atoms. The lowest BCUT2D eigenvalue weighted by molar-refractivity contribution is -0.386. The minimum Gasteiger partial charge on any atom is -0.258 e. The smallest absolute Gasteiger partial charge is 0.258 e.